The SMILES string of the molecule is CCC(Sc1cccc(NC(=O)Cc2ccccc2)c1)C(=O)Nc1ccccc1. The zero-order valence-corrected chi connectivity index (χ0v) is 17.1. The van der Waals surface area contributed by atoms with Crippen LogP contribution in [0.25, 0.3) is 0 Å². The van der Waals surface area contributed by atoms with Crippen LogP contribution in [-0.4, -0.2) is 17.1 Å². The summed E-state index contributed by atoms with van der Waals surface area (Å²) in [5.41, 5.74) is 2.49. The van der Waals surface area contributed by atoms with Crippen LogP contribution >= 0.6 is 11.8 Å². The minimum atomic E-state index is -0.217. The molecule has 0 aromatic heterocycles. The molecule has 0 aliphatic heterocycles. The van der Waals surface area contributed by atoms with Gasteiger partial charge in [-0.15, -0.1) is 11.8 Å². The van der Waals surface area contributed by atoms with Gasteiger partial charge in [0.05, 0.1) is 11.7 Å². The van der Waals surface area contributed by atoms with E-state index in [1.165, 1.54) is 11.8 Å². The molecule has 0 heterocycles. The number of carbonyl (C=O) groups is 2. The molecule has 2 N–H and O–H groups in total. The number of hydrogen-bond donors (Lipinski definition) is 2. The minimum Gasteiger partial charge on any atom is -0.326 e. The molecule has 2 amide bonds. The lowest BCUT2D eigenvalue weighted by Crippen LogP contribution is -2.24. The predicted octanol–water partition coefficient (Wildman–Crippen LogP) is 5.38. The molecule has 5 heteroatoms. The molecule has 0 aliphatic carbocycles. The van der Waals surface area contributed by atoms with Crippen molar-refractivity contribution in [2.75, 3.05) is 10.6 Å². The van der Waals surface area contributed by atoms with Gasteiger partial charge in [-0.2, -0.15) is 0 Å². The third-order valence-corrected chi connectivity index (χ3v) is 5.67. The van der Waals surface area contributed by atoms with E-state index in [1.54, 1.807) is 0 Å². The molecule has 3 aromatic carbocycles. The fourth-order valence-electron chi connectivity index (χ4n) is 2.86. The summed E-state index contributed by atoms with van der Waals surface area (Å²) in [6.07, 6.45) is 1.03. The maximum absolute atomic E-state index is 12.6. The topological polar surface area (TPSA) is 58.2 Å². The molecular weight excluding hydrogens is 380 g/mol. The van der Waals surface area contributed by atoms with Crippen molar-refractivity contribution in [3.8, 4) is 0 Å². The summed E-state index contributed by atoms with van der Waals surface area (Å²) in [6.45, 7) is 1.99. The van der Waals surface area contributed by atoms with Gasteiger partial charge in [-0.1, -0.05) is 61.5 Å². The van der Waals surface area contributed by atoms with Crippen molar-refractivity contribution >= 4 is 35.0 Å². The normalized spacial score (nSPS) is 11.5. The molecule has 0 bridgehead atoms. The number of carbonyl (C=O) groups excluding carboxylic acids is 2. The van der Waals surface area contributed by atoms with Crippen molar-refractivity contribution < 1.29 is 9.59 Å². The highest BCUT2D eigenvalue weighted by Gasteiger charge is 2.18. The van der Waals surface area contributed by atoms with Gasteiger partial charge in [0, 0.05) is 16.3 Å². The smallest absolute Gasteiger partial charge is 0.237 e. The third kappa shape index (κ3) is 6.50. The molecule has 0 fully saturated rings. The summed E-state index contributed by atoms with van der Waals surface area (Å²) in [4.78, 5) is 25.9. The number of nitrogens with one attached hydrogen (secondary N) is 2. The molecule has 3 aromatic rings. The Kier molecular flexibility index (Phi) is 7.47. The van der Waals surface area contributed by atoms with E-state index in [0.29, 0.717) is 12.8 Å². The van der Waals surface area contributed by atoms with Crippen LogP contribution in [0.4, 0.5) is 11.4 Å². The number of rotatable bonds is 8. The molecule has 0 saturated carbocycles. The van der Waals surface area contributed by atoms with Gasteiger partial charge in [-0.05, 0) is 42.3 Å². The highest BCUT2D eigenvalue weighted by atomic mass is 32.2. The first kappa shape index (κ1) is 20.7. The summed E-state index contributed by atoms with van der Waals surface area (Å²) in [7, 11) is 0. The van der Waals surface area contributed by atoms with Crippen LogP contribution in [0.15, 0.2) is 89.8 Å². The second-order valence-electron chi connectivity index (χ2n) is 6.61. The minimum absolute atomic E-state index is 0.0257. The van der Waals surface area contributed by atoms with Crippen LogP contribution in [-0.2, 0) is 16.0 Å². The number of thioether (sulfide) groups is 1. The second kappa shape index (κ2) is 10.5. The van der Waals surface area contributed by atoms with E-state index >= 15 is 0 Å². The van der Waals surface area contributed by atoms with Gasteiger partial charge >= 0.3 is 0 Å². The zero-order valence-electron chi connectivity index (χ0n) is 16.3. The Morgan fingerprint density at radius 3 is 2.17 bits per heavy atom. The Bertz CT molecular complexity index is 945. The molecule has 148 valence electrons. The monoisotopic (exact) mass is 404 g/mol. The van der Waals surface area contributed by atoms with E-state index in [-0.39, 0.29) is 17.1 Å². The van der Waals surface area contributed by atoms with Gasteiger partial charge in [0.25, 0.3) is 0 Å². The van der Waals surface area contributed by atoms with Crippen LogP contribution in [0.2, 0.25) is 0 Å². The van der Waals surface area contributed by atoms with E-state index in [0.717, 1.165) is 21.8 Å². The van der Waals surface area contributed by atoms with E-state index < -0.39 is 0 Å². The molecule has 4 nitrogen and oxygen atoms in total. The first-order valence-electron chi connectivity index (χ1n) is 9.60. The Balaban J connectivity index is 1.60. The van der Waals surface area contributed by atoms with Gasteiger partial charge in [0.15, 0.2) is 0 Å². The van der Waals surface area contributed by atoms with Gasteiger partial charge in [-0.3, -0.25) is 9.59 Å². The summed E-state index contributed by atoms with van der Waals surface area (Å²) in [5.74, 6) is -0.0885. The lowest BCUT2D eigenvalue weighted by Gasteiger charge is -2.15. The van der Waals surface area contributed by atoms with Crippen LogP contribution in [0.1, 0.15) is 18.9 Å². The molecular formula is C24H24N2O2S. The number of anilines is 2. The van der Waals surface area contributed by atoms with E-state index in [4.69, 9.17) is 0 Å². The first-order chi connectivity index (χ1) is 14.1. The van der Waals surface area contributed by atoms with Crippen molar-refractivity contribution in [1.82, 2.24) is 0 Å². The predicted molar refractivity (Wildman–Crippen MR) is 120 cm³/mol. The second-order valence-corrected chi connectivity index (χ2v) is 7.88. The van der Waals surface area contributed by atoms with E-state index in [9.17, 15) is 9.59 Å². The van der Waals surface area contributed by atoms with E-state index in [1.807, 2.05) is 91.9 Å². The van der Waals surface area contributed by atoms with Crippen molar-refractivity contribution in [3.63, 3.8) is 0 Å². The lowest BCUT2D eigenvalue weighted by atomic mass is 10.1. The largest absolute Gasteiger partial charge is 0.326 e. The quantitative estimate of drug-likeness (QED) is 0.496. The third-order valence-electron chi connectivity index (χ3n) is 4.31. The highest BCUT2D eigenvalue weighted by molar-refractivity contribution is 8.00. The summed E-state index contributed by atoms with van der Waals surface area (Å²) < 4.78 is 0. The van der Waals surface area contributed by atoms with Crippen LogP contribution in [0.5, 0.6) is 0 Å². The molecule has 1 atom stereocenters. The van der Waals surface area contributed by atoms with E-state index in [2.05, 4.69) is 10.6 Å². The first-order valence-corrected chi connectivity index (χ1v) is 10.5. The maximum Gasteiger partial charge on any atom is 0.237 e. The van der Waals surface area contributed by atoms with Crippen molar-refractivity contribution in [2.24, 2.45) is 0 Å². The van der Waals surface area contributed by atoms with Crippen molar-refractivity contribution in [1.29, 1.82) is 0 Å². The zero-order chi connectivity index (χ0) is 20.5. The fraction of sp³-hybridized carbons (Fsp3) is 0.167. The summed E-state index contributed by atoms with van der Waals surface area (Å²) in [6, 6.07) is 26.7. The van der Waals surface area contributed by atoms with Crippen LogP contribution in [0, 0.1) is 0 Å². The highest BCUT2D eigenvalue weighted by Crippen LogP contribution is 2.28. The van der Waals surface area contributed by atoms with Gasteiger partial charge < -0.3 is 10.6 Å². The molecule has 1 unspecified atom stereocenters. The summed E-state index contributed by atoms with van der Waals surface area (Å²) in [5, 5.41) is 5.68. The van der Waals surface area contributed by atoms with Gasteiger partial charge in [0.1, 0.15) is 0 Å². The molecule has 0 saturated heterocycles. The average Bonchev–Trinajstić information content (AvgIpc) is 2.73. The van der Waals surface area contributed by atoms with Crippen molar-refractivity contribution in [2.45, 2.75) is 29.9 Å². The Morgan fingerprint density at radius 1 is 0.828 bits per heavy atom. The Labute approximate surface area is 175 Å². The van der Waals surface area contributed by atoms with Gasteiger partial charge in [-0.25, -0.2) is 0 Å². The number of hydrogen-bond acceptors (Lipinski definition) is 3. The molecule has 3 rings (SSSR count). The molecule has 0 radical (unpaired) electrons. The number of para-hydroxylation sites is 1. The molecule has 29 heavy (non-hydrogen) atoms. The fourth-order valence-corrected chi connectivity index (χ4v) is 3.88. The Hall–Kier alpha value is -3.05. The number of benzene rings is 3. The lowest BCUT2D eigenvalue weighted by molar-refractivity contribution is -0.116. The van der Waals surface area contributed by atoms with Crippen LogP contribution < -0.4 is 10.6 Å². The molecule has 0 aliphatic rings. The standard InChI is InChI=1S/C24H24N2O2S/c1-2-22(24(28)26-19-12-7-4-8-13-19)29-21-15-9-14-20(17-21)25-23(27)16-18-10-5-3-6-11-18/h3-15,17,22H,2,16H2,1H3,(H,25,27)(H,26,28). The summed E-state index contributed by atoms with van der Waals surface area (Å²) >= 11 is 1.50. The maximum atomic E-state index is 12.6. The Morgan fingerprint density at radius 2 is 1.48 bits per heavy atom. The van der Waals surface area contributed by atoms with Crippen LogP contribution in [0.3, 0.4) is 0 Å². The molecule has 0 spiro atoms. The van der Waals surface area contributed by atoms with Crippen molar-refractivity contribution in [3.05, 3.63) is 90.5 Å². The van der Waals surface area contributed by atoms with Gasteiger partial charge in [0.2, 0.25) is 11.8 Å². The average molecular weight is 405 g/mol. The number of amides is 2.